The predicted molar refractivity (Wildman–Crippen MR) is 480 cm³/mol. The van der Waals surface area contributed by atoms with Gasteiger partial charge in [-0.1, -0.05) is 196 Å². The Morgan fingerprint density at radius 1 is 0.400 bits per heavy atom. The van der Waals surface area contributed by atoms with Crippen molar-refractivity contribution in [3.8, 4) is 0 Å². The van der Waals surface area contributed by atoms with Crippen molar-refractivity contribution in [2.75, 3.05) is 0 Å². The van der Waals surface area contributed by atoms with Gasteiger partial charge in [-0.25, -0.2) is 4.79 Å². The van der Waals surface area contributed by atoms with Crippen LogP contribution in [0, 0.1) is 57.7 Å². The van der Waals surface area contributed by atoms with Crippen molar-refractivity contribution in [2.45, 2.75) is 352 Å². The number of rotatable bonds is 29. The molecule has 7 fully saturated rings. The summed E-state index contributed by atoms with van der Waals surface area (Å²) in [6.07, 6.45) is 37.3. The highest BCUT2D eigenvalue weighted by Crippen LogP contribution is 2.45. The monoisotopic (exact) mass is 1600 g/mol. The molecule has 13 nitrogen and oxygen atoms in total. The molecule has 0 spiro atoms. The van der Waals surface area contributed by atoms with Gasteiger partial charge in [-0.05, 0) is 316 Å². The zero-order valence-electron chi connectivity index (χ0n) is 74.4. The Morgan fingerprint density at radius 2 is 0.678 bits per heavy atom. The third kappa shape index (κ3) is 35.8. The van der Waals surface area contributed by atoms with E-state index in [1.807, 2.05) is 128 Å². The zero-order valence-corrected chi connectivity index (χ0v) is 75.3. The van der Waals surface area contributed by atoms with Crippen LogP contribution >= 0.6 is 12.4 Å². The van der Waals surface area contributed by atoms with Crippen molar-refractivity contribution in [2.24, 2.45) is 63.4 Å². The van der Waals surface area contributed by atoms with Gasteiger partial charge in [0, 0.05) is 55.0 Å². The van der Waals surface area contributed by atoms with E-state index in [-0.39, 0.29) is 36.5 Å². The van der Waals surface area contributed by atoms with Gasteiger partial charge in [0.25, 0.3) is 0 Å². The smallest absolute Gasteiger partial charge is 0.407 e. The molecule has 7 aliphatic carbocycles. The number of hydrogen-bond acceptors (Lipinski definition) is 11. The standard InChI is InChI=1S/C29H45NO2.C25H37NO2.C18H25NO2.C16H28O3.C13H17N.ClH/c1-7-23(19-22-11-9-8-10-12-22)25-20-26(25)30-24-15-13-21(14-16-24)17-18-29(5,6)27(31)32-28(2,3)4;1-4-20(16-19-8-6-5-7-9-19)22-17-23(22)26-21-12-10-18(11-13-21)14-15-25(2,3)24(27)28;1-5-14(11-13-9-7-6-8-10-13)15-12-16(15)19-17(20)21-18(2,3)4;1-15(2,3)19-14(18)16(4,5)11-10-12-6-8-13(17)9-7-12;1-2-11(12-9-13(12)14)8-10-6-4-3-5-7-10;/h8-12,19,21,24-26,30H,7,13-18,20H2,1-6H3;5-9,16,18,21-23,26H,4,10-15,17H2,1-3H3,(H,27,28);6-11,15-16H,5,12H2,1-4H3,(H,19,20);12H,6-11H2,1-5H3;3-8,12-13H,2,9,14H2,1H3;1H/b23-19+;20-16+;14-11+;;11-8+;/t21?,24?,25-,26+;18?,21?,22-,23+;15-,16+;;12-,13+;/m110.1./s1. The quantitative estimate of drug-likeness (QED) is 0.0255. The Bertz CT molecular complexity index is 3720. The van der Waals surface area contributed by atoms with Gasteiger partial charge in [0.15, 0.2) is 0 Å². The molecule has 7 aliphatic rings. The van der Waals surface area contributed by atoms with E-state index in [0.29, 0.717) is 71.5 Å². The van der Waals surface area contributed by atoms with Crippen molar-refractivity contribution >= 4 is 66.5 Å². The van der Waals surface area contributed by atoms with Crippen molar-refractivity contribution in [1.82, 2.24) is 16.0 Å². The molecule has 8 atom stereocenters. The van der Waals surface area contributed by atoms with E-state index in [9.17, 15) is 29.1 Å². The summed E-state index contributed by atoms with van der Waals surface area (Å²) < 4.78 is 16.4. The summed E-state index contributed by atoms with van der Waals surface area (Å²) in [7, 11) is 0. The number of hydrogen-bond donors (Lipinski definition) is 5. The number of carboxylic acid groups (broad SMARTS) is 1. The number of Topliss-reactive ketones (excluding diaryl/α,β-unsaturated/α-hetero) is 1. The summed E-state index contributed by atoms with van der Waals surface area (Å²) >= 11 is 0. The largest absolute Gasteiger partial charge is 0.481 e. The fraction of sp³-hybridized carbons (Fsp3) is 0.634. The summed E-state index contributed by atoms with van der Waals surface area (Å²) in [5.41, 5.74) is 14.4. The minimum absolute atomic E-state index is 0. The third-order valence-electron chi connectivity index (χ3n) is 24.3. The minimum atomic E-state index is -0.669. The van der Waals surface area contributed by atoms with E-state index in [2.05, 4.69) is 165 Å². The maximum Gasteiger partial charge on any atom is 0.407 e. The number of ketones is 1. The number of esters is 2. The van der Waals surface area contributed by atoms with Gasteiger partial charge in [0.1, 0.15) is 22.6 Å². The number of benzene rings is 4. The summed E-state index contributed by atoms with van der Waals surface area (Å²) in [6.45, 7) is 37.8. The fourth-order valence-corrected chi connectivity index (χ4v) is 16.3. The van der Waals surface area contributed by atoms with Gasteiger partial charge in [-0.15, -0.1) is 12.4 Å². The maximum atomic E-state index is 12.5. The summed E-state index contributed by atoms with van der Waals surface area (Å²) in [4.78, 5) is 58.9. The van der Waals surface area contributed by atoms with Crippen LogP contribution in [0.4, 0.5) is 4.79 Å². The van der Waals surface area contributed by atoms with Crippen molar-refractivity contribution in [1.29, 1.82) is 0 Å². The lowest BCUT2D eigenvalue weighted by molar-refractivity contribution is -0.167. The van der Waals surface area contributed by atoms with E-state index in [1.165, 1.54) is 104 Å². The van der Waals surface area contributed by atoms with Gasteiger partial charge >= 0.3 is 24.0 Å². The Kier molecular flexibility index (Phi) is 38.5. The second-order valence-corrected chi connectivity index (χ2v) is 39.3. The molecule has 115 heavy (non-hydrogen) atoms. The van der Waals surface area contributed by atoms with Gasteiger partial charge in [-0.2, -0.15) is 0 Å². The Labute approximate surface area is 702 Å². The minimum Gasteiger partial charge on any atom is -0.481 e. The second-order valence-electron chi connectivity index (χ2n) is 39.3. The lowest BCUT2D eigenvalue weighted by atomic mass is 9.78. The number of carboxylic acids is 1. The van der Waals surface area contributed by atoms with Crippen LogP contribution in [0.15, 0.2) is 144 Å². The van der Waals surface area contributed by atoms with Crippen LogP contribution in [0.5, 0.6) is 0 Å². The molecule has 0 radical (unpaired) electrons. The number of aliphatic carboxylic acids is 1. The van der Waals surface area contributed by atoms with E-state index >= 15 is 0 Å². The van der Waals surface area contributed by atoms with Crippen LogP contribution in [0.3, 0.4) is 0 Å². The molecule has 7 saturated carbocycles. The Balaban J connectivity index is 0.000000229. The molecule has 0 heterocycles. The molecule has 1 amide bonds. The van der Waals surface area contributed by atoms with E-state index < -0.39 is 39.0 Å². The topological polar surface area (TPSA) is 195 Å². The number of nitrogens with two attached hydrogens (primary N) is 1. The number of nitrogens with one attached hydrogen (secondary N) is 3. The lowest BCUT2D eigenvalue weighted by Crippen LogP contribution is -2.36. The van der Waals surface area contributed by atoms with Crippen LogP contribution < -0.4 is 21.7 Å². The molecule has 0 bridgehead atoms. The molecule has 0 unspecified atom stereocenters. The third-order valence-corrected chi connectivity index (χ3v) is 24.3. The average Bonchev–Trinajstić information content (AvgIpc) is 1.63. The van der Waals surface area contributed by atoms with Crippen LogP contribution in [0.2, 0.25) is 0 Å². The normalized spacial score (nSPS) is 24.5. The molecular formula is C101H153ClN4O9. The molecular weight excluding hydrogens is 1450 g/mol. The first-order chi connectivity index (χ1) is 53.8. The summed E-state index contributed by atoms with van der Waals surface area (Å²) in [5.74, 6) is 4.11. The maximum absolute atomic E-state index is 12.5. The highest BCUT2D eigenvalue weighted by molar-refractivity contribution is 5.85. The molecule has 4 aromatic carbocycles. The average molecular weight is 1600 g/mol. The van der Waals surface area contributed by atoms with E-state index in [1.54, 1.807) is 11.1 Å². The van der Waals surface area contributed by atoms with Crippen LogP contribution in [-0.4, -0.2) is 87.9 Å². The zero-order chi connectivity index (χ0) is 83.6. The van der Waals surface area contributed by atoms with Gasteiger partial charge < -0.3 is 41.0 Å². The molecule has 0 aliphatic heterocycles. The van der Waals surface area contributed by atoms with E-state index in [0.717, 1.165) is 102 Å². The van der Waals surface area contributed by atoms with Crippen molar-refractivity contribution in [3.63, 3.8) is 0 Å². The molecule has 6 N–H and O–H groups in total. The number of halogens is 1. The van der Waals surface area contributed by atoms with Gasteiger partial charge in [0.05, 0.1) is 16.2 Å². The van der Waals surface area contributed by atoms with Crippen LogP contribution in [0.25, 0.3) is 24.3 Å². The summed E-state index contributed by atoms with van der Waals surface area (Å²) in [5, 5.41) is 20.1. The summed E-state index contributed by atoms with van der Waals surface area (Å²) in [6, 6.07) is 45.5. The number of amides is 1. The van der Waals surface area contributed by atoms with Crippen LogP contribution in [0.1, 0.15) is 321 Å². The van der Waals surface area contributed by atoms with Gasteiger partial charge in [-0.3, -0.25) is 19.2 Å². The highest BCUT2D eigenvalue weighted by Gasteiger charge is 2.44. The first-order valence-electron chi connectivity index (χ1n) is 44.3. The predicted octanol–water partition coefficient (Wildman–Crippen LogP) is 24.6. The molecule has 0 saturated heterocycles. The highest BCUT2D eigenvalue weighted by atomic mass is 35.5. The number of alkyl carbamates (subject to hydrolysis) is 1. The molecule has 4 aromatic rings. The fourth-order valence-electron chi connectivity index (χ4n) is 16.3. The number of carbonyl (C=O) groups is 5. The molecule has 638 valence electrons. The number of carbonyl (C=O) groups excluding carboxylic acids is 4. The SMILES string of the molecule is CC(C)(C)OC(=O)C(C)(C)CCC1CCC(=O)CC1.CC/C(=C\c1ccccc1)[C@@H]1C[C@H]1NC(=O)OC(C)(C)C.CC/C(=C\c1ccccc1)[C@H]1C[C@@H]1N.CC/C(=C\c1ccccc1)[C@H]1C[C@@H]1NC1CCC(CCC(C)(C)C(=O)O)CC1.CC/C(=C\c1ccccc1)[C@H]1C[C@@H]1NC1CCC(CCC(C)(C)C(=O)OC(C)(C)C)CC1.Cl. The van der Waals surface area contributed by atoms with Crippen molar-refractivity contribution < 1.29 is 43.3 Å². The molecule has 0 aromatic heterocycles. The van der Waals surface area contributed by atoms with Gasteiger partial charge in [0.2, 0.25) is 0 Å². The first kappa shape index (κ1) is 97.2. The van der Waals surface area contributed by atoms with Crippen molar-refractivity contribution in [3.05, 3.63) is 166 Å². The first-order valence-corrected chi connectivity index (χ1v) is 44.3. The lowest BCUT2D eigenvalue weighted by Gasteiger charge is -2.32. The van der Waals surface area contributed by atoms with Crippen LogP contribution in [-0.2, 0) is 33.4 Å². The Morgan fingerprint density at radius 3 is 0.965 bits per heavy atom. The molecule has 11 rings (SSSR count). The second kappa shape index (κ2) is 45.5. The number of ether oxygens (including phenoxy) is 3. The molecule has 14 heteroatoms. The Hall–Kier alpha value is -6.64. The van der Waals surface area contributed by atoms with E-state index in [4.69, 9.17) is 19.9 Å².